The van der Waals surface area contributed by atoms with Gasteiger partial charge in [-0.1, -0.05) is 13.8 Å². The molecule has 0 N–H and O–H groups in total. The third kappa shape index (κ3) is 5.06. The fourth-order valence-corrected chi connectivity index (χ4v) is 3.41. The van der Waals surface area contributed by atoms with Crippen LogP contribution in [0.3, 0.4) is 0 Å². The smallest absolute Gasteiger partial charge is 0.412 e. The Morgan fingerprint density at radius 1 is 1.38 bits per heavy atom. The van der Waals surface area contributed by atoms with Crippen molar-refractivity contribution in [3.8, 4) is 0 Å². The van der Waals surface area contributed by atoms with E-state index in [0.717, 1.165) is 12.2 Å². The van der Waals surface area contributed by atoms with Gasteiger partial charge >= 0.3 is 6.09 Å². The number of carbonyl (C=O) groups excluding carboxylic acids is 1. The number of ether oxygens (including phenoxy) is 2. The summed E-state index contributed by atoms with van der Waals surface area (Å²) in [5, 5.41) is 0. The lowest BCUT2D eigenvalue weighted by Gasteiger charge is -2.35. The van der Waals surface area contributed by atoms with Gasteiger partial charge in [0.15, 0.2) is 0 Å². The molecule has 0 bridgehead atoms. The molecule has 4 nitrogen and oxygen atoms in total. The Kier molecular flexibility index (Phi) is 6.01. The quantitative estimate of drug-likeness (QED) is 0.781. The molecule has 21 heavy (non-hydrogen) atoms. The molecule has 0 aromatic carbocycles. The highest BCUT2D eigenvalue weighted by Gasteiger charge is 2.50. The second-order valence-electron chi connectivity index (χ2n) is 7.61. The van der Waals surface area contributed by atoms with Gasteiger partial charge in [0.25, 0.3) is 0 Å². The van der Waals surface area contributed by atoms with Crippen LogP contribution in [0.15, 0.2) is 0 Å². The van der Waals surface area contributed by atoms with E-state index in [4.69, 9.17) is 9.47 Å². The van der Waals surface area contributed by atoms with Crippen LogP contribution >= 0.6 is 11.8 Å². The van der Waals surface area contributed by atoms with Gasteiger partial charge in [-0.25, -0.2) is 4.79 Å². The van der Waals surface area contributed by atoms with E-state index < -0.39 is 11.3 Å². The van der Waals surface area contributed by atoms with Crippen molar-refractivity contribution < 1.29 is 14.3 Å². The average molecular weight is 317 g/mol. The molecule has 0 saturated carbocycles. The molecule has 124 valence electrons. The van der Waals surface area contributed by atoms with Gasteiger partial charge in [-0.2, -0.15) is 11.8 Å². The summed E-state index contributed by atoms with van der Waals surface area (Å²) in [6, 6.07) is 0.0716. The van der Waals surface area contributed by atoms with E-state index in [2.05, 4.69) is 20.1 Å². The number of nitrogens with zero attached hydrogens (tertiary/aromatic N) is 1. The molecular weight excluding hydrogens is 286 g/mol. The molecule has 1 heterocycles. The van der Waals surface area contributed by atoms with Crippen molar-refractivity contribution in [1.29, 1.82) is 0 Å². The van der Waals surface area contributed by atoms with Crippen LogP contribution < -0.4 is 0 Å². The van der Waals surface area contributed by atoms with E-state index in [-0.39, 0.29) is 18.2 Å². The minimum atomic E-state index is -0.623. The van der Waals surface area contributed by atoms with Crippen LogP contribution in [0.25, 0.3) is 0 Å². The second-order valence-corrected chi connectivity index (χ2v) is 8.52. The van der Waals surface area contributed by atoms with Crippen LogP contribution in [0.5, 0.6) is 0 Å². The van der Waals surface area contributed by atoms with Crippen LogP contribution in [-0.2, 0) is 9.47 Å². The van der Waals surface area contributed by atoms with Gasteiger partial charge in [-0.3, -0.25) is 4.90 Å². The maximum absolute atomic E-state index is 12.6. The zero-order chi connectivity index (χ0) is 16.4. The van der Waals surface area contributed by atoms with Crippen LogP contribution in [0.4, 0.5) is 4.79 Å². The fourth-order valence-electron chi connectivity index (χ4n) is 2.79. The molecule has 0 unspecified atom stereocenters. The summed E-state index contributed by atoms with van der Waals surface area (Å²) in [5.41, 5.74) is -1.12. The minimum Gasteiger partial charge on any atom is -0.444 e. The Balaban J connectivity index is 3.01. The molecular formula is C16H31NO3S. The SMILES string of the molecule is CSC[C@@H]1OC(C)(C)N(C(=O)OC(C)(C)C)[C@H]1CC(C)C. The monoisotopic (exact) mass is 317 g/mol. The first-order chi connectivity index (χ1) is 9.48. The van der Waals surface area contributed by atoms with Crippen molar-refractivity contribution in [1.82, 2.24) is 4.90 Å². The van der Waals surface area contributed by atoms with Gasteiger partial charge in [-0.15, -0.1) is 0 Å². The Bertz CT molecular complexity index is 363. The molecule has 5 heteroatoms. The highest BCUT2D eigenvalue weighted by atomic mass is 32.2. The van der Waals surface area contributed by atoms with Crippen molar-refractivity contribution in [3.63, 3.8) is 0 Å². The van der Waals surface area contributed by atoms with E-state index in [0.29, 0.717) is 5.92 Å². The van der Waals surface area contributed by atoms with Gasteiger partial charge in [0.05, 0.1) is 12.1 Å². The Morgan fingerprint density at radius 2 is 1.95 bits per heavy atom. The van der Waals surface area contributed by atoms with E-state index in [1.165, 1.54) is 0 Å². The van der Waals surface area contributed by atoms with E-state index in [1.54, 1.807) is 16.7 Å². The van der Waals surface area contributed by atoms with Crippen molar-refractivity contribution >= 4 is 17.9 Å². The Hall–Kier alpha value is -0.420. The molecule has 1 aliphatic rings. The van der Waals surface area contributed by atoms with E-state index in [9.17, 15) is 4.79 Å². The number of hydrogen-bond donors (Lipinski definition) is 0. The third-order valence-corrected chi connectivity index (χ3v) is 4.08. The Morgan fingerprint density at radius 3 is 2.38 bits per heavy atom. The van der Waals surface area contributed by atoms with E-state index in [1.807, 2.05) is 34.6 Å². The standard InChI is InChI=1S/C16H31NO3S/c1-11(2)9-12-13(10-21-8)19-16(6,7)17(12)14(18)20-15(3,4)5/h11-13H,9-10H2,1-8H3/t12-,13-/m0/s1. The van der Waals surface area contributed by atoms with Gasteiger partial charge in [-0.05, 0) is 53.2 Å². The zero-order valence-corrected chi connectivity index (χ0v) is 15.5. The highest BCUT2D eigenvalue weighted by molar-refractivity contribution is 7.98. The van der Waals surface area contributed by atoms with Crippen molar-refractivity contribution in [2.75, 3.05) is 12.0 Å². The molecule has 0 aromatic rings. The maximum atomic E-state index is 12.6. The van der Waals surface area contributed by atoms with Crippen LogP contribution in [0.2, 0.25) is 0 Å². The molecule has 1 amide bonds. The van der Waals surface area contributed by atoms with Crippen LogP contribution in [0, 0.1) is 5.92 Å². The average Bonchev–Trinajstić information content (AvgIpc) is 2.46. The van der Waals surface area contributed by atoms with Gasteiger partial charge in [0, 0.05) is 5.75 Å². The lowest BCUT2D eigenvalue weighted by molar-refractivity contribution is -0.0750. The van der Waals surface area contributed by atoms with Crippen LogP contribution in [-0.4, -0.2) is 46.5 Å². The van der Waals surface area contributed by atoms with Crippen molar-refractivity contribution in [2.24, 2.45) is 5.92 Å². The summed E-state index contributed by atoms with van der Waals surface area (Å²) in [6.07, 6.45) is 2.78. The molecule has 2 atom stereocenters. The zero-order valence-electron chi connectivity index (χ0n) is 14.7. The number of thioether (sulfide) groups is 1. The number of carbonyl (C=O) groups is 1. The molecule has 1 aliphatic heterocycles. The third-order valence-electron chi connectivity index (χ3n) is 3.41. The lowest BCUT2D eigenvalue weighted by atomic mass is 9.99. The van der Waals surface area contributed by atoms with Crippen LogP contribution in [0.1, 0.15) is 54.9 Å². The summed E-state index contributed by atoms with van der Waals surface area (Å²) in [6.45, 7) is 13.9. The van der Waals surface area contributed by atoms with Crippen molar-refractivity contribution in [2.45, 2.75) is 78.4 Å². The Labute approximate surface area is 133 Å². The highest BCUT2D eigenvalue weighted by Crippen LogP contribution is 2.37. The summed E-state index contributed by atoms with van der Waals surface area (Å²) in [7, 11) is 0. The maximum Gasteiger partial charge on any atom is 0.412 e. The number of hydrogen-bond acceptors (Lipinski definition) is 4. The number of rotatable bonds is 4. The molecule has 1 rings (SSSR count). The molecule has 0 aliphatic carbocycles. The summed E-state index contributed by atoms with van der Waals surface area (Å²) in [4.78, 5) is 14.4. The van der Waals surface area contributed by atoms with Gasteiger partial charge in [0.1, 0.15) is 11.3 Å². The lowest BCUT2D eigenvalue weighted by Crippen LogP contribution is -2.50. The molecule has 1 fully saturated rings. The fraction of sp³-hybridized carbons (Fsp3) is 0.938. The predicted molar refractivity (Wildman–Crippen MR) is 88.7 cm³/mol. The first kappa shape index (κ1) is 18.6. The topological polar surface area (TPSA) is 38.8 Å². The van der Waals surface area contributed by atoms with Gasteiger partial charge < -0.3 is 9.47 Å². The first-order valence-electron chi connectivity index (χ1n) is 7.67. The summed E-state index contributed by atoms with van der Waals surface area (Å²) < 4.78 is 11.8. The number of amides is 1. The summed E-state index contributed by atoms with van der Waals surface area (Å²) >= 11 is 1.75. The van der Waals surface area contributed by atoms with Crippen molar-refractivity contribution in [3.05, 3.63) is 0 Å². The molecule has 0 spiro atoms. The first-order valence-corrected chi connectivity index (χ1v) is 9.06. The predicted octanol–water partition coefficient (Wildman–Crippen LogP) is 4.14. The minimum absolute atomic E-state index is 0.0601. The second kappa shape index (κ2) is 6.78. The molecule has 0 aromatic heterocycles. The summed E-state index contributed by atoms with van der Waals surface area (Å²) in [5.74, 6) is 1.39. The molecule has 0 radical (unpaired) electrons. The van der Waals surface area contributed by atoms with E-state index >= 15 is 0 Å². The van der Waals surface area contributed by atoms with Gasteiger partial charge in [0.2, 0.25) is 0 Å². The largest absolute Gasteiger partial charge is 0.444 e. The molecule has 1 saturated heterocycles. The normalized spacial score (nSPS) is 25.5.